The first-order chi connectivity index (χ1) is 19.9. The van der Waals surface area contributed by atoms with Crippen LogP contribution in [-0.2, 0) is 14.5 Å². The van der Waals surface area contributed by atoms with Crippen LogP contribution in [-0.4, -0.2) is 34.0 Å². The third-order valence-corrected chi connectivity index (χ3v) is 14.2. The highest BCUT2D eigenvalue weighted by Gasteiger charge is 2.62. The van der Waals surface area contributed by atoms with Crippen molar-refractivity contribution in [1.29, 1.82) is 0 Å². The van der Waals surface area contributed by atoms with E-state index in [1.165, 1.54) is 57.8 Å². The second kappa shape index (κ2) is 12.5. The first-order valence-corrected chi connectivity index (χ1v) is 18.4. The molecule has 6 rings (SSSR count). The molecular formula is C37H66O5. The molecule has 0 aromatic carbocycles. The molecule has 0 amide bonds. The zero-order valence-corrected chi connectivity index (χ0v) is 28.4. The van der Waals surface area contributed by atoms with Gasteiger partial charge in [-0.25, -0.2) is 0 Å². The molecule has 0 aliphatic heterocycles. The summed E-state index contributed by atoms with van der Waals surface area (Å²) < 4.78 is 6.23. The van der Waals surface area contributed by atoms with Crippen molar-refractivity contribution in [2.45, 2.75) is 175 Å². The molecular weight excluding hydrogens is 524 g/mol. The van der Waals surface area contributed by atoms with E-state index in [1.54, 1.807) is 0 Å². The molecule has 6 aliphatic rings. The molecule has 0 aromatic heterocycles. The van der Waals surface area contributed by atoms with Crippen LogP contribution in [0.4, 0.5) is 0 Å². The number of fused-ring (bicyclic) bond motifs is 5. The van der Waals surface area contributed by atoms with Gasteiger partial charge >= 0.3 is 0 Å². The monoisotopic (exact) mass is 590 g/mol. The number of aliphatic hydroxyl groups is 2. The highest BCUT2D eigenvalue weighted by molar-refractivity contribution is 5.10. The van der Waals surface area contributed by atoms with Gasteiger partial charge in [-0.15, -0.1) is 0 Å². The minimum Gasteiger partial charge on any atom is -0.375 e. The van der Waals surface area contributed by atoms with Gasteiger partial charge in [-0.3, -0.25) is 0 Å². The molecule has 5 nitrogen and oxygen atoms in total. The summed E-state index contributed by atoms with van der Waals surface area (Å²) in [5.41, 5.74) is 0.948. The first-order valence-electron chi connectivity index (χ1n) is 18.4. The van der Waals surface area contributed by atoms with Crippen LogP contribution in [0.5, 0.6) is 0 Å². The number of hydrogen-bond acceptors (Lipinski definition) is 5. The van der Waals surface area contributed by atoms with E-state index in [1.807, 2.05) is 13.8 Å². The zero-order chi connectivity index (χ0) is 30.4. The van der Waals surface area contributed by atoms with Crippen molar-refractivity contribution in [2.24, 2.45) is 52.3 Å². The maximum atomic E-state index is 11.5. The smallest absolute Gasteiger partial charge is 0.199 e. The van der Waals surface area contributed by atoms with Gasteiger partial charge in [0.05, 0.1) is 5.60 Å². The first kappa shape index (κ1) is 33.2. The molecule has 9 unspecified atom stereocenters. The summed E-state index contributed by atoms with van der Waals surface area (Å²) in [4.78, 5) is 11.5. The number of rotatable bonds is 9. The predicted molar refractivity (Wildman–Crippen MR) is 168 cm³/mol. The Morgan fingerprint density at radius 2 is 1.38 bits per heavy atom. The van der Waals surface area contributed by atoms with E-state index >= 15 is 0 Å². The number of ether oxygens (including phenoxy) is 1. The SMILES string of the molecule is CC.CCC1CCC(O)(OOC2(O)CCC3(C)C(CCC4C3CCC3(C)C(C(C)CCOC5(C)CC5)CCC43)C2)CC1. The molecule has 42 heavy (non-hydrogen) atoms. The van der Waals surface area contributed by atoms with Crippen LogP contribution in [0.25, 0.3) is 0 Å². The van der Waals surface area contributed by atoms with Crippen LogP contribution in [0.2, 0.25) is 0 Å². The lowest BCUT2D eigenvalue weighted by Crippen LogP contribution is -2.57. The molecule has 6 saturated carbocycles. The fourth-order valence-electron chi connectivity index (χ4n) is 11.1. The van der Waals surface area contributed by atoms with E-state index < -0.39 is 11.6 Å². The third-order valence-electron chi connectivity index (χ3n) is 14.2. The van der Waals surface area contributed by atoms with Gasteiger partial charge < -0.3 is 14.9 Å². The topological polar surface area (TPSA) is 68.2 Å². The van der Waals surface area contributed by atoms with Gasteiger partial charge in [0.25, 0.3) is 0 Å². The van der Waals surface area contributed by atoms with Crippen molar-refractivity contribution in [1.82, 2.24) is 0 Å². The molecule has 9 atom stereocenters. The van der Waals surface area contributed by atoms with E-state index in [-0.39, 0.29) is 11.0 Å². The van der Waals surface area contributed by atoms with Gasteiger partial charge in [0.2, 0.25) is 0 Å². The van der Waals surface area contributed by atoms with E-state index in [0.29, 0.717) is 42.9 Å². The summed E-state index contributed by atoms with van der Waals surface area (Å²) >= 11 is 0. The Labute approximate surface area is 258 Å². The fourth-order valence-corrected chi connectivity index (χ4v) is 11.1. The highest BCUT2D eigenvalue weighted by Crippen LogP contribution is 2.69. The molecule has 5 heteroatoms. The molecule has 0 bridgehead atoms. The van der Waals surface area contributed by atoms with E-state index in [0.717, 1.165) is 61.9 Å². The van der Waals surface area contributed by atoms with Crippen molar-refractivity contribution >= 4 is 0 Å². The summed E-state index contributed by atoms with van der Waals surface area (Å²) in [7, 11) is 0. The Balaban J connectivity index is 0.00000173. The largest absolute Gasteiger partial charge is 0.375 e. The minimum atomic E-state index is -1.27. The third kappa shape index (κ3) is 6.39. The van der Waals surface area contributed by atoms with Crippen LogP contribution >= 0.6 is 0 Å². The van der Waals surface area contributed by atoms with Crippen LogP contribution < -0.4 is 0 Å². The zero-order valence-electron chi connectivity index (χ0n) is 28.4. The average Bonchev–Trinajstić information content (AvgIpc) is 3.60. The number of hydrogen-bond donors (Lipinski definition) is 2. The Kier molecular flexibility index (Phi) is 9.90. The Bertz CT molecular complexity index is 895. The van der Waals surface area contributed by atoms with E-state index in [2.05, 4.69) is 34.6 Å². The van der Waals surface area contributed by atoms with Crippen molar-refractivity contribution in [3.63, 3.8) is 0 Å². The normalized spacial score (nSPS) is 48.2. The lowest BCUT2D eigenvalue weighted by Gasteiger charge is -2.62. The van der Waals surface area contributed by atoms with Crippen LogP contribution in [0, 0.1) is 52.3 Å². The molecule has 6 aliphatic carbocycles. The van der Waals surface area contributed by atoms with Crippen LogP contribution in [0.3, 0.4) is 0 Å². The average molecular weight is 591 g/mol. The Morgan fingerprint density at radius 1 is 0.714 bits per heavy atom. The van der Waals surface area contributed by atoms with Gasteiger partial charge in [0, 0.05) is 32.3 Å². The molecule has 6 fully saturated rings. The van der Waals surface area contributed by atoms with Gasteiger partial charge in [0.1, 0.15) is 0 Å². The minimum absolute atomic E-state index is 0.199. The molecule has 2 N–H and O–H groups in total. The van der Waals surface area contributed by atoms with Gasteiger partial charge in [0.15, 0.2) is 11.6 Å². The van der Waals surface area contributed by atoms with Crippen molar-refractivity contribution in [2.75, 3.05) is 6.61 Å². The highest BCUT2D eigenvalue weighted by atomic mass is 17.2. The standard InChI is InChI=1S/C35H60O5.C2H6/c1-6-25-11-16-34(36,17-12-25)39-40-35(37)21-20-32(4)26(23-35)7-8-27-29-10-9-28(33(29,5)15-13-30(27)32)24(2)14-22-38-31(3)18-19-31;1-2/h24-30,36-37H,6-23H2,1-5H3;1-2H3. The maximum Gasteiger partial charge on any atom is 0.199 e. The molecule has 0 aromatic rings. The summed E-state index contributed by atoms with van der Waals surface area (Å²) in [6.45, 7) is 17.1. The van der Waals surface area contributed by atoms with E-state index in [4.69, 9.17) is 14.5 Å². The van der Waals surface area contributed by atoms with Gasteiger partial charge in [-0.1, -0.05) is 48.0 Å². The van der Waals surface area contributed by atoms with Crippen molar-refractivity contribution in [3.8, 4) is 0 Å². The van der Waals surface area contributed by atoms with Crippen LogP contribution in [0.1, 0.15) is 158 Å². The molecule has 0 saturated heterocycles. The molecule has 0 radical (unpaired) electrons. The Hall–Kier alpha value is -0.200. The quantitative estimate of drug-likeness (QED) is 0.159. The predicted octanol–water partition coefficient (Wildman–Crippen LogP) is 9.19. The summed E-state index contributed by atoms with van der Waals surface area (Å²) in [5.74, 6) is 2.63. The lowest BCUT2D eigenvalue weighted by atomic mass is 9.44. The molecule has 0 spiro atoms. The second-order valence-electron chi connectivity index (χ2n) is 16.6. The molecule has 244 valence electrons. The second-order valence-corrected chi connectivity index (χ2v) is 16.6. The fraction of sp³-hybridized carbons (Fsp3) is 1.00. The lowest BCUT2D eigenvalue weighted by molar-refractivity contribution is -0.506. The van der Waals surface area contributed by atoms with Gasteiger partial charge in [-0.2, -0.15) is 9.78 Å². The summed E-state index contributed by atoms with van der Waals surface area (Å²) in [5, 5.41) is 22.5. The van der Waals surface area contributed by atoms with Crippen LogP contribution in [0.15, 0.2) is 0 Å². The Morgan fingerprint density at radius 3 is 2.05 bits per heavy atom. The van der Waals surface area contributed by atoms with Crippen molar-refractivity contribution in [3.05, 3.63) is 0 Å². The molecule has 0 heterocycles. The van der Waals surface area contributed by atoms with Crippen molar-refractivity contribution < 1.29 is 24.7 Å². The summed E-state index contributed by atoms with van der Waals surface area (Å²) in [6, 6.07) is 0. The maximum absolute atomic E-state index is 11.5. The van der Waals surface area contributed by atoms with Gasteiger partial charge in [-0.05, 0) is 136 Å². The van der Waals surface area contributed by atoms with E-state index in [9.17, 15) is 10.2 Å². The summed E-state index contributed by atoms with van der Waals surface area (Å²) in [6.07, 6.45) is 18.2.